The summed E-state index contributed by atoms with van der Waals surface area (Å²) in [7, 11) is 0. The van der Waals surface area contributed by atoms with Crippen LogP contribution in [0.1, 0.15) is 47.2 Å². The van der Waals surface area contributed by atoms with Gasteiger partial charge in [-0.3, -0.25) is 0 Å². The van der Waals surface area contributed by atoms with Gasteiger partial charge in [-0.05, 0) is 118 Å². The fourth-order valence-electron chi connectivity index (χ4n) is 14.1. The van der Waals surface area contributed by atoms with Crippen molar-refractivity contribution in [1.82, 2.24) is 28.7 Å². The van der Waals surface area contributed by atoms with Gasteiger partial charge in [-0.2, -0.15) is 0 Å². The monoisotopic (exact) mass is 1010 g/mol. The second kappa shape index (κ2) is 16.2. The van der Waals surface area contributed by atoms with Crippen LogP contribution in [-0.2, 0) is 10.8 Å². The highest BCUT2D eigenvalue weighted by molar-refractivity contribution is 6.16. The van der Waals surface area contributed by atoms with Gasteiger partial charge >= 0.3 is 0 Å². The fraction of sp³-hybridized carbons (Fsp3) is 0.0548. The third-order valence-corrected chi connectivity index (χ3v) is 17.5. The van der Waals surface area contributed by atoms with Gasteiger partial charge in [0.1, 0.15) is 0 Å². The zero-order valence-electron chi connectivity index (χ0n) is 43.4. The largest absolute Gasteiger partial charge is 0.309 e. The Morgan fingerprint density at radius 3 is 1.27 bits per heavy atom. The fourth-order valence-corrected chi connectivity index (χ4v) is 14.1. The molecule has 370 valence electrons. The molecule has 0 bridgehead atoms. The number of rotatable bonds is 7. The highest BCUT2D eigenvalue weighted by atomic mass is 15.1. The molecule has 0 atom stereocenters. The Hall–Kier alpha value is -10.2. The molecule has 6 heteroatoms. The van der Waals surface area contributed by atoms with Crippen molar-refractivity contribution in [2.24, 2.45) is 0 Å². The summed E-state index contributed by atoms with van der Waals surface area (Å²) in [4.78, 5) is 16.6. The SMILES string of the molecule is CC1(C)c2cccc3c2-n2c4c1cc(-c1nc(-c5ccc6c(c5)c5ccccc5n6-c5ccccc5)nc(-c5ccc6c(c5)c5ccccc5n6-c5ccccc5)n1)cc4c1cccc(c12)C3(c1ccccc1)c1ccccc1. The van der Waals surface area contributed by atoms with E-state index in [1.807, 2.05) is 0 Å². The van der Waals surface area contributed by atoms with E-state index in [0.717, 1.165) is 60.9 Å². The van der Waals surface area contributed by atoms with Crippen LogP contribution in [-0.4, -0.2) is 28.7 Å². The van der Waals surface area contributed by atoms with Crippen molar-refractivity contribution in [2.45, 2.75) is 24.7 Å². The van der Waals surface area contributed by atoms with Gasteiger partial charge in [-0.25, -0.2) is 15.0 Å². The predicted octanol–water partition coefficient (Wildman–Crippen LogP) is 17.5. The highest BCUT2D eigenvalue weighted by Gasteiger charge is 2.49. The van der Waals surface area contributed by atoms with E-state index >= 15 is 0 Å². The van der Waals surface area contributed by atoms with Crippen molar-refractivity contribution in [2.75, 3.05) is 0 Å². The Labute approximate surface area is 455 Å². The second-order valence-electron chi connectivity index (χ2n) is 21.9. The molecule has 2 aliphatic rings. The van der Waals surface area contributed by atoms with E-state index in [9.17, 15) is 0 Å². The Morgan fingerprint density at radius 2 is 0.709 bits per heavy atom. The number of para-hydroxylation sites is 6. The van der Waals surface area contributed by atoms with Crippen LogP contribution in [0.5, 0.6) is 0 Å². The smallest absolute Gasteiger partial charge is 0.164 e. The molecule has 0 saturated carbocycles. The van der Waals surface area contributed by atoms with Crippen LogP contribution in [0.4, 0.5) is 0 Å². The summed E-state index contributed by atoms with van der Waals surface area (Å²) in [5, 5.41) is 7.01. The Morgan fingerprint density at radius 1 is 0.291 bits per heavy atom. The zero-order chi connectivity index (χ0) is 52.1. The summed E-state index contributed by atoms with van der Waals surface area (Å²) in [5.41, 5.74) is 19.9. The number of hydrogen-bond donors (Lipinski definition) is 0. The van der Waals surface area contributed by atoms with Crippen LogP contribution in [0.2, 0.25) is 0 Å². The number of fused-ring (bicyclic) bond motifs is 7. The van der Waals surface area contributed by atoms with E-state index in [-0.39, 0.29) is 0 Å². The average molecular weight is 1010 g/mol. The lowest BCUT2D eigenvalue weighted by molar-refractivity contribution is 0.617. The van der Waals surface area contributed by atoms with Gasteiger partial charge in [-0.1, -0.05) is 184 Å². The summed E-state index contributed by atoms with van der Waals surface area (Å²) >= 11 is 0. The maximum Gasteiger partial charge on any atom is 0.164 e. The molecule has 0 spiro atoms. The quantitative estimate of drug-likeness (QED) is 0.160. The minimum absolute atomic E-state index is 0.407. The Balaban J connectivity index is 0.940. The maximum absolute atomic E-state index is 5.58. The molecule has 0 fully saturated rings. The molecule has 0 unspecified atom stereocenters. The normalized spacial score (nSPS) is 13.9. The van der Waals surface area contributed by atoms with Crippen molar-refractivity contribution >= 4 is 65.4 Å². The predicted molar refractivity (Wildman–Crippen MR) is 323 cm³/mol. The first-order chi connectivity index (χ1) is 38.9. The highest BCUT2D eigenvalue weighted by Crippen LogP contribution is 2.59. The average Bonchev–Trinajstić information content (AvgIpc) is 2.62. The molecule has 0 saturated heterocycles. The summed E-state index contributed by atoms with van der Waals surface area (Å²) in [5.74, 6) is 1.86. The first kappa shape index (κ1) is 44.0. The molecule has 79 heavy (non-hydrogen) atoms. The van der Waals surface area contributed by atoms with Gasteiger partial charge in [0.25, 0.3) is 0 Å². The lowest BCUT2D eigenvalue weighted by Gasteiger charge is -2.45. The molecule has 6 nitrogen and oxygen atoms in total. The van der Waals surface area contributed by atoms with Crippen molar-refractivity contribution in [1.29, 1.82) is 0 Å². The first-order valence-corrected chi connectivity index (χ1v) is 27.3. The van der Waals surface area contributed by atoms with Crippen LogP contribution in [0.15, 0.2) is 255 Å². The number of nitrogens with zero attached hydrogens (tertiary/aromatic N) is 6. The van der Waals surface area contributed by atoms with Crippen LogP contribution >= 0.6 is 0 Å². The van der Waals surface area contributed by atoms with Gasteiger partial charge in [0.05, 0.1) is 44.2 Å². The van der Waals surface area contributed by atoms with Crippen LogP contribution in [0.3, 0.4) is 0 Å². The molecule has 11 aromatic carbocycles. The van der Waals surface area contributed by atoms with E-state index in [4.69, 9.17) is 15.0 Å². The molecule has 0 radical (unpaired) electrons. The Bertz CT molecular complexity index is 4810. The molecule has 0 N–H and O–H groups in total. The number of hydrogen-bond acceptors (Lipinski definition) is 3. The lowest BCUT2D eigenvalue weighted by atomic mass is 9.61. The van der Waals surface area contributed by atoms with Crippen LogP contribution in [0, 0.1) is 0 Å². The van der Waals surface area contributed by atoms with Crippen molar-refractivity contribution in [3.05, 3.63) is 288 Å². The Kier molecular flexibility index (Phi) is 9.01. The van der Waals surface area contributed by atoms with E-state index in [1.165, 1.54) is 71.6 Å². The van der Waals surface area contributed by atoms with Gasteiger partial charge in [-0.15, -0.1) is 0 Å². The standard InChI is InChI=1S/C73H48N6/c1-72(2)58-32-20-34-60-68(58)79-66-54(31-19-33-59(66)73(60,48-21-7-3-8-22-48)49-23-9-4-10-24-49)57-43-47(44-61(72)67(57)79)71-75-69(45-37-39-64-55(41-45)52-29-15-17-35-62(52)77(64)50-25-11-5-12-26-50)74-70(76-71)46-38-40-65-56(42-46)53-30-16-18-36-63(53)78(65)51-27-13-6-14-28-51/h3-44H,1-2H3. The molecule has 2 aliphatic heterocycles. The molecule has 0 amide bonds. The molecule has 4 aromatic heterocycles. The van der Waals surface area contributed by atoms with E-state index in [0.29, 0.717) is 17.5 Å². The van der Waals surface area contributed by atoms with Crippen molar-refractivity contribution in [3.63, 3.8) is 0 Å². The van der Waals surface area contributed by atoms with Crippen molar-refractivity contribution < 1.29 is 0 Å². The topological polar surface area (TPSA) is 53.5 Å². The molecule has 0 aliphatic carbocycles. The van der Waals surface area contributed by atoms with E-state index in [1.54, 1.807) is 0 Å². The molecular weight excluding hydrogens is 961 g/mol. The number of benzene rings is 11. The molecule has 15 aromatic rings. The third kappa shape index (κ3) is 5.97. The molecule has 6 heterocycles. The van der Waals surface area contributed by atoms with E-state index in [2.05, 4.69) is 282 Å². The molecular formula is C73H48N6. The summed E-state index contributed by atoms with van der Waals surface area (Å²) < 4.78 is 7.31. The maximum atomic E-state index is 5.58. The second-order valence-corrected chi connectivity index (χ2v) is 21.9. The van der Waals surface area contributed by atoms with Gasteiger partial charge < -0.3 is 13.7 Å². The van der Waals surface area contributed by atoms with Gasteiger partial charge in [0, 0.05) is 65.8 Å². The summed E-state index contributed by atoms with van der Waals surface area (Å²) in [6.45, 7) is 4.80. The molecule has 17 rings (SSSR count). The number of aromatic nitrogens is 6. The minimum atomic E-state index is -0.574. The van der Waals surface area contributed by atoms with Crippen LogP contribution < -0.4 is 0 Å². The van der Waals surface area contributed by atoms with E-state index < -0.39 is 10.8 Å². The zero-order valence-corrected chi connectivity index (χ0v) is 43.4. The minimum Gasteiger partial charge on any atom is -0.309 e. The summed E-state index contributed by atoms with van der Waals surface area (Å²) in [6, 6.07) is 93.0. The van der Waals surface area contributed by atoms with Crippen molar-refractivity contribution in [3.8, 4) is 51.2 Å². The lowest BCUT2D eigenvalue weighted by Crippen LogP contribution is -2.38. The van der Waals surface area contributed by atoms with Gasteiger partial charge in [0.2, 0.25) is 0 Å². The first-order valence-electron chi connectivity index (χ1n) is 27.3. The van der Waals surface area contributed by atoms with Crippen LogP contribution in [0.25, 0.3) is 117 Å². The van der Waals surface area contributed by atoms with Gasteiger partial charge in [0.15, 0.2) is 17.5 Å². The summed E-state index contributed by atoms with van der Waals surface area (Å²) in [6.07, 6.45) is 0. The third-order valence-electron chi connectivity index (χ3n) is 17.5.